The van der Waals surface area contributed by atoms with Crippen LogP contribution >= 0.6 is 11.6 Å². The Morgan fingerprint density at radius 2 is 1.85 bits per heavy atom. The van der Waals surface area contributed by atoms with Crippen molar-refractivity contribution in [3.8, 4) is 28.5 Å². The number of fused-ring (bicyclic) bond motifs is 1. The molecule has 0 saturated carbocycles. The second kappa shape index (κ2) is 11.0. The maximum absolute atomic E-state index is 13.1. The first kappa shape index (κ1) is 27.1. The predicted molar refractivity (Wildman–Crippen MR) is 139 cm³/mol. The van der Waals surface area contributed by atoms with Crippen LogP contribution < -0.4 is 9.47 Å². The molecule has 0 aliphatic carbocycles. The number of nitrogens with zero attached hydrogens (tertiary/aromatic N) is 2. The molecule has 204 valence electrons. The van der Waals surface area contributed by atoms with E-state index in [0.29, 0.717) is 29.0 Å². The third-order valence-electron chi connectivity index (χ3n) is 6.32. The largest absolute Gasteiger partial charge is 0.493 e. The Morgan fingerprint density at radius 1 is 1.07 bits per heavy atom. The molecule has 1 N–H and O–H groups in total. The Hall–Kier alpha value is -4.44. The monoisotopic (exact) mass is 568 g/mol. The zero-order valence-electron chi connectivity index (χ0n) is 20.6. The summed E-state index contributed by atoms with van der Waals surface area (Å²) in [6, 6.07) is 15.6. The number of hydrogen-bond donors (Lipinski definition) is 1. The Morgan fingerprint density at radius 3 is 2.58 bits per heavy atom. The average Bonchev–Trinajstić information content (AvgIpc) is 2.93. The topological polar surface area (TPSA) is 98.6 Å². The van der Waals surface area contributed by atoms with Crippen LogP contribution in [0.25, 0.3) is 11.3 Å². The number of ketones is 1. The molecule has 0 spiro atoms. The van der Waals surface area contributed by atoms with Crippen molar-refractivity contribution in [1.82, 2.24) is 9.97 Å². The third kappa shape index (κ3) is 5.91. The SMILES string of the molecule is O=C(Cc1nccc(-c2cccc(C(F)(F)F)c2)n1)c1ccc(Oc2cc3c(cc2Cl)C(C(=O)O)CCO3)cc1. The number of alkyl halides is 3. The molecular formula is C29H20ClF3N2O5. The van der Waals surface area contributed by atoms with Gasteiger partial charge in [-0.2, -0.15) is 13.2 Å². The number of Topliss-reactive ketones (excluding diaryl/α,β-unsaturated/α-hetero) is 1. The van der Waals surface area contributed by atoms with E-state index in [1.807, 2.05) is 0 Å². The number of aliphatic carboxylic acids is 1. The maximum Gasteiger partial charge on any atom is 0.416 e. The lowest BCUT2D eigenvalue weighted by molar-refractivity contribution is -0.139. The highest BCUT2D eigenvalue weighted by atomic mass is 35.5. The normalized spacial score (nSPS) is 14.7. The lowest BCUT2D eigenvalue weighted by atomic mass is 9.93. The van der Waals surface area contributed by atoms with E-state index in [4.69, 9.17) is 21.1 Å². The van der Waals surface area contributed by atoms with Gasteiger partial charge in [0.2, 0.25) is 0 Å². The van der Waals surface area contributed by atoms with Gasteiger partial charge in [0.1, 0.15) is 23.1 Å². The summed E-state index contributed by atoms with van der Waals surface area (Å²) in [5.74, 6) is -0.764. The molecule has 0 saturated heterocycles. The zero-order chi connectivity index (χ0) is 28.4. The van der Waals surface area contributed by atoms with Gasteiger partial charge in [-0.25, -0.2) is 9.97 Å². The zero-order valence-corrected chi connectivity index (χ0v) is 21.4. The van der Waals surface area contributed by atoms with Crippen molar-refractivity contribution in [2.75, 3.05) is 6.61 Å². The molecule has 1 aliphatic heterocycles. The number of carboxylic acids is 1. The summed E-state index contributed by atoms with van der Waals surface area (Å²) in [5, 5.41) is 9.66. The standard InChI is InChI=1S/C29H20ClF3N2O5/c30-22-13-21-20(28(37)38)9-11-39-25(21)15-26(22)40-19-6-4-16(5-7-19)24(36)14-27-34-10-8-23(35-27)17-2-1-3-18(12-17)29(31,32)33/h1-8,10,12-13,15,20H,9,11,14H2,(H,37,38). The fraction of sp³-hybridized carbons (Fsp3) is 0.172. The molecule has 1 aromatic heterocycles. The number of benzene rings is 3. The van der Waals surface area contributed by atoms with Crippen LogP contribution in [-0.4, -0.2) is 33.4 Å². The second-order valence-corrected chi connectivity index (χ2v) is 9.42. The van der Waals surface area contributed by atoms with E-state index < -0.39 is 23.6 Å². The van der Waals surface area contributed by atoms with Crippen LogP contribution in [0.2, 0.25) is 5.02 Å². The summed E-state index contributed by atoms with van der Waals surface area (Å²) in [7, 11) is 0. The van der Waals surface area contributed by atoms with Gasteiger partial charge in [0, 0.05) is 29.0 Å². The number of hydrogen-bond acceptors (Lipinski definition) is 6. The van der Waals surface area contributed by atoms with Gasteiger partial charge in [0.25, 0.3) is 0 Å². The van der Waals surface area contributed by atoms with Crippen LogP contribution in [0.4, 0.5) is 13.2 Å². The molecule has 5 rings (SSSR count). The third-order valence-corrected chi connectivity index (χ3v) is 6.61. The second-order valence-electron chi connectivity index (χ2n) is 9.01. The van der Waals surface area contributed by atoms with Crippen LogP contribution in [0.1, 0.15) is 39.6 Å². The summed E-state index contributed by atoms with van der Waals surface area (Å²) in [4.78, 5) is 32.8. The van der Waals surface area contributed by atoms with Crippen LogP contribution in [0.5, 0.6) is 17.2 Å². The molecule has 0 fully saturated rings. The Kier molecular flexibility index (Phi) is 7.44. The molecule has 11 heteroatoms. The van der Waals surface area contributed by atoms with Crippen LogP contribution in [0, 0.1) is 0 Å². The molecule has 0 radical (unpaired) electrons. The molecule has 3 aromatic carbocycles. The van der Waals surface area contributed by atoms with Crippen molar-refractivity contribution in [3.05, 3.63) is 100 Å². The van der Waals surface area contributed by atoms with Gasteiger partial charge >= 0.3 is 12.1 Å². The van der Waals surface area contributed by atoms with E-state index in [-0.39, 0.29) is 46.7 Å². The first-order valence-corrected chi connectivity index (χ1v) is 12.5. The fourth-order valence-corrected chi connectivity index (χ4v) is 4.52. The molecular weight excluding hydrogens is 549 g/mol. The number of aromatic nitrogens is 2. The van der Waals surface area contributed by atoms with Crippen LogP contribution in [0.15, 0.2) is 72.9 Å². The lowest BCUT2D eigenvalue weighted by Gasteiger charge is -2.24. The molecule has 1 aliphatic rings. The van der Waals surface area contributed by atoms with Gasteiger partial charge in [0.05, 0.1) is 35.2 Å². The quantitative estimate of drug-likeness (QED) is 0.240. The number of carbonyl (C=O) groups excluding carboxylic acids is 1. The average molecular weight is 569 g/mol. The Labute approximate surface area is 231 Å². The van der Waals surface area contributed by atoms with Gasteiger partial charge in [-0.1, -0.05) is 23.7 Å². The summed E-state index contributed by atoms with van der Waals surface area (Å²) < 4.78 is 50.7. The summed E-state index contributed by atoms with van der Waals surface area (Å²) in [5.41, 5.74) is 0.573. The van der Waals surface area contributed by atoms with E-state index >= 15 is 0 Å². The van der Waals surface area contributed by atoms with E-state index in [0.717, 1.165) is 12.1 Å². The maximum atomic E-state index is 13.1. The highest BCUT2D eigenvalue weighted by molar-refractivity contribution is 6.32. The van der Waals surface area contributed by atoms with Gasteiger partial charge in [-0.3, -0.25) is 9.59 Å². The molecule has 1 atom stereocenters. The van der Waals surface area contributed by atoms with Crippen molar-refractivity contribution in [3.63, 3.8) is 0 Å². The highest BCUT2D eigenvalue weighted by Gasteiger charge is 2.31. The molecule has 40 heavy (non-hydrogen) atoms. The molecule has 1 unspecified atom stereocenters. The van der Waals surface area contributed by atoms with Gasteiger partial charge < -0.3 is 14.6 Å². The van der Waals surface area contributed by atoms with E-state index in [9.17, 15) is 27.9 Å². The van der Waals surface area contributed by atoms with Gasteiger partial charge in [0.15, 0.2) is 5.78 Å². The van der Waals surface area contributed by atoms with Crippen molar-refractivity contribution in [2.24, 2.45) is 0 Å². The van der Waals surface area contributed by atoms with E-state index in [1.165, 1.54) is 30.5 Å². The van der Waals surface area contributed by atoms with Crippen molar-refractivity contribution in [2.45, 2.75) is 24.9 Å². The van der Waals surface area contributed by atoms with Crippen molar-refractivity contribution < 1.29 is 37.3 Å². The minimum atomic E-state index is -4.49. The minimum absolute atomic E-state index is 0.161. The van der Waals surface area contributed by atoms with E-state index in [1.54, 1.807) is 30.3 Å². The molecule has 2 heterocycles. The number of halogens is 4. The molecule has 0 amide bonds. The van der Waals surface area contributed by atoms with Gasteiger partial charge in [-0.05, 0) is 55.0 Å². The van der Waals surface area contributed by atoms with Crippen molar-refractivity contribution in [1.29, 1.82) is 0 Å². The lowest BCUT2D eigenvalue weighted by Crippen LogP contribution is -2.20. The van der Waals surface area contributed by atoms with Crippen molar-refractivity contribution >= 4 is 23.4 Å². The van der Waals surface area contributed by atoms with Crippen LogP contribution in [-0.2, 0) is 17.4 Å². The number of carboxylic acid groups (broad SMARTS) is 1. The smallest absolute Gasteiger partial charge is 0.416 e. The van der Waals surface area contributed by atoms with Gasteiger partial charge in [-0.15, -0.1) is 0 Å². The predicted octanol–water partition coefficient (Wildman–Crippen LogP) is 6.98. The highest BCUT2D eigenvalue weighted by Crippen LogP contribution is 2.42. The Balaban J connectivity index is 1.28. The summed E-state index contributed by atoms with van der Waals surface area (Å²) in [6.07, 6.45) is -2.91. The number of ether oxygens (including phenoxy) is 2. The number of carbonyl (C=O) groups is 2. The number of rotatable bonds is 7. The minimum Gasteiger partial charge on any atom is -0.493 e. The first-order valence-electron chi connectivity index (χ1n) is 12.1. The molecule has 7 nitrogen and oxygen atoms in total. The van der Waals surface area contributed by atoms with E-state index in [2.05, 4.69) is 9.97 Å². The fourth-order valence-electron chi connectivity index (χ4n) is 4.31. The molecule has 0 bridgehead atoms. The van der Waals surface area contributed by atoms with Crippen LogP contribution in [0.3, 0.4) is 0 Å². The first-order chi connectivity index (χ1) is 19.1. The summed E-state index contributed by atoms with van der Waals surface area (Å²) >= 11 is 6.34. The molecule has 4 aromatic rings. The Bertz CT molecular complexity index is 1590. The summed E-state index contributed by atoms with van der Waals surface area (Å²) in [6.45, 7) is 0.258.